The highest BCUT2D eigenvalue weighted by molar-refractivity contribution is 7.98. The van der Waals surface area contributed by atoms with Crippen LogP contribution in [-0.4, -0.2) is 19.7 Å². The fraction of sp³-hybridized carbons (Fsp3) is 0.579. The van der Waals surface area contributed by atoms with Crippen LogP contribution in [0.25, 0.3) is 10.2 Å². The number of aryl methyl sites for hydroxylation is 3. The maximum Gasteiger partial charge on any atom is 0.263 e. The van der Waals surface area contributed by atoms with Crippen molar-refractivity contribution >= 4 is 33.3 Å². The maximum atomic E-state index is 13.3. The highest BCUT2D eigenvalue weighted by Crippen LogP contribution is 2.35. The monoisotopic (exact) mass is 404 g/mol. The molecule has 0 saturated heterocycles. The summed E-state index contributed by atoms with van der Waals surface area (Å²) in [7, 11) is 0. The molecule has 0 saturated carbocycles. The minimum absolute atomic E-state index is 0.123. The lowest BCUT2D eigenvalue weighted by molar-refractivity contribution is 0.385. The minimum Gasteiger partial charge on any atom is -0.338 e. The predicted molar refractivity (Wildman–Crippen MR) is 109 cm³/mol. The first kappa shape index (κ1) is 18.7. The number of rotatable bonds is 8. The van der Waals surface area contributed by atoms with Crippen molar-refractivity contribution in [3.63, 3.8) is 0 Å². The first-order valence-electron chi connectivity index (χ1n) is 9.70. The van der Waals surface area contributed by atoms with E-state index >= 15 is 0 Å². The molecule has 0 aromatic carbocycles. The summed E-state index contributed by atoms with van der Waals surface area (Å²) in [6.07, 6.45) is 7.22. The smallest absolute Gasteiger partial charge is 0.263 e. The molecule has 0 atom stereocenters. The maximum absolute atomic E-state index is 13.3. The van der Waals surface area contributed by atoms with Crippen LogP contribution in [0.3, 0.4) is 0 Å². The molecule has 1 aliphatic rings. The highest BCUT2D eigenvalue weighted by atomic mass is 32.2. The van der Waals surface area contributed by atoms with Gasteiger partial charge in [0.05, 0.1) is 11.1 Å². The van der Waals surface area contributed by atoms with Crippen molar-refractivity contribution in [1.82, 2.24) is 19.7 Å². The molecule has 3 aromatic heterocycles. The van der Waals surface area contributed by atoms with E-state index in [1.807, 2.05) is 11.5 Å². The van der Waals surface area contributed by atoms with Crippen molar-refractivity contribution < 1.29 is 4.52 Å². The first-order valence-corrected chi connectivity index (χ1v) is 11.5. The Balaban J connectivity index is 1.68. The standard InChI is InChI=1S/C19H24N4O2S2/c1-3-5-6-10-23-18(24)16-12-8-7-9-13(12)27-17(16)21-19(23)26-11-15-20-14(4-2)22-25-15/h3-11H2,1-2H3. The van der Waals surface area contributed by atoms with E-state index in [0.717, 1.165) is 60.3 Å². The van der Waals surface area contributed by atoms with Crippen LogP contribution in [-0.2, 0) is 31.6 Å². The SMILES string of the molecule is CCCCCn1c(SCc2nc(CC)no2)nc2sc3c(c2c1=O)CCC3. The molecule has 144 valence electrons. The van der Waals surface area contributed by atoms with E-state index in [0.29, 0.717) is 24.0 Å². The van der Waals surface area contributed by atoms with Crippen molar-refractivity contribution in [2.24, 2.45) is 0 Å². The van der Waals surface area contributed by atoms with Gasteiger partial charge in [0, 0.05) is 17.8 Å². The van der Waals surface area contributed by atoms with Gasteiger partial charge in [-0.15, -0.1) is 11.3 Å². The summed E-state index contributed by atoms with van der Waals surface area (Å²) in [6.45, 7) is 4.89. The number of hydrogen-bond donors (Lipinski definition) is 0. The molecule has 0 spiro atoms. The van der Waals surface area contributed by atoms with Crippen LogP contribution in [0.5, 0.6) is 0 Å². The second-order valence-corrected chi connectivity index (χ2v) is 8.87. The van der Waals surface area contributed by atoms with Crippen molar-refractivity contribution in [3.05, 3.63) is 32.5 Å². The zero-order valence-corrected chi connectivity index (χ0v) is 17.4. The molecule has 27 heavy (non-hydrogen) atoms. The fourth-order valence-corrected chi connectivity index (χ4v) is 5.67. The predicted octanol–water partition coefficient (Wildman–Crippen LogP) is 4.37. The summed E-state index contributed by atoms with van der Waals surface area (Å²) in [4.78, 5) is 24.8. The Morgan fingerprint density at radius 1 is 1.22 bits per heavy atom. The summed E-state index contributed by atoms with van der Waals surface area (Å²) in [5, 5.41) is 5.57. The molecule has 8 heteroatoms. The molecule has 0 radical (unpaired) electrons. The van der Waals surface area contributed by atoms with Crippen LogP contribution in [0.2, 0.25) is 0 Å². The van der Waals surface area contributed by atoms with Crippen molar-refractivity contribution in [2.75, 3.05) is 0 Å². The Morgan fingerprint density at radius 3 is 2.89 bits per heavy atom. The Morgan fingerprint density at radius 2 is 2.11 bits per heavy atom. The largest absolute Gasteiger partial charge is 0.338 e. The summed E-state index contributed by atoms with van der Waals surface area (Å²) < 4.78 is 7.15. The van der Waals surface area contributed by atoms with Crippen LogP contribution in [0, 0.1) is 0 Å². The zero-order chi connectivity index (χ0) is 18.8. The lowest BCUT2D eigenvalue weighted by Gasteiger charge is -2.11. The van der Waals surface area contributed by atoms with E-state index in [1.54, 1.807) is 11.3 Å². The molecule has 0 fully saturated rings. The number of unbranched alkanes of at least 4 members (excludes halogenated alkanes) is 2. The lowest BCUT2D eigenvalue weighted by atomic mass is 10.2. The molecule has 0 N–H and O–H groups in total. The van der Waals surface area contributed by atoms with Gasteiger partial charge in [0.15, 0.2) is 11.0 Å². The number of thiophene rings is 1. The zero-order valence-electron chi connectivity index (χ0n) is 15.8. The van der Waals surface area contributed by atoms with E-state index in [4.69, 9.17) is 9.51 Å². The Labute approximate surface area is 166 Å². The van der Waals surface area contributed by atoms with Gasteiger partial charge in [0.2, 0.25) is 5.89 Å². The van der Waals surface area contributed by atoms with Crippen LogP contribution < -0.4 is 5.56 Å². The van der Waals surface area contributed by atoms with Crippen molar-refractivity contribution in [3.8, 4) is 0 Å². The summed E-state index contributed by atoms with van der Waals surface area (Å²) in [6, 6.07) is 0. The van der Waals surface area contributed by atoms with Crippen LogP contribution in [0.4, 0.5) is 0 Å². The molecule has 0 unspecified atom stereocenters. The van der Waals surface area contributed by atoms with E-state index < -0.39 is 0 Å². The number of fused-ring (bicyclic) bond motifs is 3. The topological polar surface area (TPSA) is 73.8 Å². The minimum atomic E-state index is 0.123. The molecule has 1 aliphatic carbocycles. The van der Waals surface area contributed by atoms with Gasteiger partial charge < -0.3 is 4.52 Å². The molecular weight excluding hydrogens is 380 g/mol. The molecular formula is C19H24N4O2S2. The fourth-order valence-electron chi connectivity index (χ4n) is 3.50. The van der Waals surface area contributed by atoms with Crippen molar-refractivity contribution in [1.29, 1.82) is 0 Å². The van der Waals surface area contributed by atoms with Crippen molar-refractivity contribution in [2.45, 2.75) is 76.2 Å². The van der Waals surface area contributed by atoms with Gasteiger partial charge in [-0.3, -0.25) is 9.36 Å². The second kappa shape index (κ2) is 8.14. The highest BCUT2D eigenvalue weighted by Gasteiger charge is 2.23. The van der Waals surface area contributed by atoms with E-state index in [2.05, 4.69) is 17.1 Å². The van der Waals surface area contributed by atoms with Gasteiger partial charge in [-0.05, 0) is 31.2 Å². The van der Waals surface area contributed by atoms with Crippen LogP contribution in [0.1, 0.15) is 61.7 Å². The molecule has 0 bridgehead atoms. The lowest BCUT2D eigenvalue weighted by Crippen LogP contribution is -2.23. The van der Waals surface area contributed by atoms with Crippen LogP contribution in [0.15, 0.2) is 14.5 Å². The molecule has 0 aliphatic heterocycles. The number of nitrogens with zero attached hydrogens (tertiary/aromatic N) is 4. The van der Waals surface area contributed by atoms with Gasteiger partial charge in [0.25, 0.3) is 5.56 Å². The number of aromatic nitrogens is 4. The average molecular weight is 405 g/mol. The van der Waals surface area contributed by atoms with Gasteiger partial charge >= 0.3 is 0 Å². The summed E-state index contributed by atoms with van der Waals surface area (Å²) in [5.74, 6) is 1.83. The molecule has 4 rings (SSSR count). The van der Waals surface area contributed by atoms with E-state index in [1.165, 1.54) is 22.2 Å². The molecule has 0 amide bonds. The quantitative estimate of drug-likeness (QED) is 0.315. The molecule has 6 nitrogen and oxygen atoms in total. The second-order valence-electron chi connectivity index (χ2n) is 6.84. The Hall–Kier alpha value is -1.67. The Kier molecular flexibility index (Phi) is 5.63. The Bertz CT molecular complexity index is 1010. The summed E-state index contributed by atoms with van der Waals surface area (Å²) in [5.41, 5.74) is 1.37. The third kappa shape index (κ3) is 3.69. The summed E-state index contributed by atoms with van der Waals surface area (Å²) >= 11 is 3.21. The molecule has 3 heterocycles. The average Bonchev–Trinajstić information content (AvgIpc) is 3.37. The normalized spacial score (nSPS) is 13.6. The van der Waals surface area contributed by atoms with E-state index in [9.17, 15) is 4.79 Å². The van der Waals surface area contributed by atoms with Gasteiger partial charge in [-0.2, -0.15) is 4.98 Å². The first-order chi connectivity index (χ1) is 13.2. The van der Waals surface area contributed by atoms with Crippen LogP contribution >= 0.6 is 23.1 Å². The third-order valence-corrected chi connectivity index (χ3v) is 7.07. The number of hydrogen-bond acceptors (Lipinski definition) is 7. The van der Waals surface area contributed by atoms with E-state index in [-0.39, 0.29) is 5.56 Å². The van der Waals surface area contributed by atoms with Gasteiger partial charge in [-0.1, -0.05) is 43.6 Å². The van der Waals surface area contributed by atoms with Gasteiger partial charge in [-0.25, -0.2) is 4.98 Å². The third-order valence-electron chi connectivity index (χ3n) is 4.93. The molecule has 3 aromatic rings. The van der Waals surface area contributed by atoms with Gasteiger partial charge in [0.1, 0.15) is 4.83 Å². The number of thioether (sulfide) groups is 1.